The number of amides is 5. The van der Waals surface area contributed by atoms with Crippen LogP contribution in [0.4, 0.5) is 4.79 Å². The molecule has 2 fully saturated rings. The zero-order chi connectivity index (χ0) is 40.3. The van der Waals surface area contributed by atoms with E-state index in [4.69, 9.17) is 0 Å². The summed E-state index contributed by atoms with van der Waals surface area (Å²) in [5.74, 6) is -1.63. The van der Waals surface area contributed by atoms with Crippen LogP contribution in [0.3, 0.4) is 0 Å². The van der Waals surface area contributed by atoms with Gasteiger partial charge in [-0.25, -0.2) is 13.2 Å². The number of thiophene rings is 1. The van der Waals surface area contributed by atoms with Crippen molar-refractivity contribution in [3.8, 4) is 0 Å². The molecule has 4 N–H and O–H groups in total. The number of carbonyl (C=O) groups excluding carboxylic acids is 5. The van der Waals surface area contributed by atoms with Crippen molar-refractivity contribution in [3.05, 3.63) is 29.0 Å². The van der Waals surface area contributed by atoms with E-state index < -0.39 is 74.6 Å². The lowest BCUT2D eigenvalue weighted by atomic mass is 9.85. The predicted octanol–water partition coefficient (Wildman–Crippen LogP) is 4.44. The largest absolute Gasteiger partial charge is 0.346 e. The van der Waals surface area contributed by atoms with Crippen LogP contribution in [0.25, 0.3) is 0 Å². The second-order valence-corrected chi connectivity index (χ2v) is 21.0. The van der Waals surface area contributed by atoms with Gasteiger partial charge in [-0.05, 0) is 65.2 Å². The minimum atomic E-state index is -3.70. The molecule has 1 aromatic heterocycles. The van der Waals surface area contributed by atoms with Crippen molar-refractivity contribution in [2.75, 3.05) is 19.6 Å². The number of carbonyl (C=O) groups is 5. The molecule has 6 atom stereocenters. The van der Waals surface area contributed by atoms with E-state index in [1.54, 1.807) is 16.3 Å². The van der Waals surface area contributed by atoms with Crippen molar-refractivity contribution < 1.29 is 32.4 Å². The summed E-state index contributed by atoms with van der Waals surface area (Å²) in [5.41, 5.74) is -1.33. The molecule has 0 aromatic carbocycles. The van der Waals surface area contributed by atoms with E-state index in [1.807, 2.05) is 41.5 Å². The van der Waals surface area contributed by atoms with Gasteiger partial charge in [0, 0.05) is 37.1 Å². The number of likely N-dealkylation sites (tertiary alicyclic amines) is 1. The zero-order valence-corrected chi connectivity index (χ0v) is 35.1. The molecule has 1 aromatic rings. The Labute approximate surface area is 325 Å². The van der Waals surface area contributed by atoms with Crippen molar-refractivity contribution in [1.29, 1.82) is 0 Å². The average Bonchev–Trinajstić information content (AvgIpc) is 3.45. The third-order valence-corrected chi connectivity index (χ3v) is 13.8. The maximum atomic E-state index is 14.7. The average molecular weight is 791 g/mol. The van der Waals surface area contributed by atoms with Gasteiger partial charge < -0.3 is 26.2 Å². The summed E-state index contributed by atoms with van der Waals surface area (Å²) < 4.78 is 27.9. The van der Waals surface area contributed by atoms with Crippen molar-refractivity contribution in [3.63, 3.8) is 0 Å². The maximum Gasteiger partial charge on any atom is 0.315 e. The monoisotopic (exact) mass is 790 g/mol. The molecule has 5 amide bonds. The highest BCUT2D eigenvalue weighted by atomic mass is 32.2. The standard InChI is InChI=1S/C39H62N6O7S2/c1-11-15-40-35(48)32(46)27(18-25-12-13-25)41-34(47)28-19-26(24(4)17-23(2)3)20-45(28)36(49)33(39(8,9)10)43-37(50)42-31(38(5,6)7)22-44-21-29-30(14-16-53-29)54(44,51)52/h11,14,16,23-28,31,33H,1,12-13,15,17-22H2,2-10H3,(H,40,48)(H,41,47)(H2,42,43,50)/t24?,26?,27?,28-,31+,33+/m0/s1. The Morgan fingerprint density at radius 3 is 2.22 bits per heavy atom. The number of nitrogens with one attached hydrogen (secondary N) is 4. The van der Waals surface area contributed by atoms with Crippen LogP contribution in [-0.4, -0.2) is 91.0 Å². The van der Waals surface area contributed by atoms with Crippen LogP contribution in [0.2, 0.25) is 0 Å². The van der Waals surface area contributed by atoms with E-state index in [0.29, 0.717) is 30.2 Å². The molecular formula is C39H62N6O7S2. The second kappa shape index (κ2) is 17.2. The summed E-state index contributed by atoms with van der Waals surface area (Å²) in [7, 11) is -3.70. The number of hydrogen-bond acceptors (Lipinski definition) is 8. The number of rotatable bonds is 16. The summed E-state index contributed by atoms with van der Waals surface area (Å²) in [5, 5.41) is 13.0. The van der Waals surface area contributed by atoms with E-state index >= 15 is 0 Å². The molecule has 1 aliphatic carbocycles. The van der Waals surface area contributed by atoms with Gasteiger partial charge in [0.05, 0.1) is 10.9 Å². The van der Waals surface area contributed by atoms with Crippen molar-refractivity contribution in [1.82, 2.24) is 30.5 Å². The van der Waals surface area contributed by atoms with Crippen LogP contribution in [0.1, 0.15) is 99.3 Å². The SMILES string of the molecule is C=CCNC(=O)C(=O)C(CC1CC1)NC(=O)[C@@H]1CC(C(C)CC(C)C)CN1C(=O)[C@@H](NC(=O)N[C@H](CN1Cc2sccc2S1(=O)=O)C(C)(C)C)C(C)(C)C. The van der Waals surface area contributed by atoms with Crippen molar-refractivity contribution in [2.24, 2.45) is 34.5 Å². The van der Waals surface area contributed by atoms with Gasteiger partial charge in [0.25, 0.3) is 5.91 Å². The fraction of sp³-hybridized carbons (Fsp3) is 0.718. The summed E-state index contributed by atoms with van der Waals surface area (Å²) in [4.78, 5) is 71.2. The van der Waals surface area contributed by atoms with E-state index in [0.717, 1.165) is 24.1 Å². The topological polar surface area (TPSA) is 174 Å². The number of fused-ring (bicyclic) bond motifs is 1. The predicted molar refractivity (Wildman–Crippen MR) is 210 cm³/mol. The van der Waals surface area contributed by atoms with E-state index in [1.165, 1.54) is 21.7 Å². The Balaban J connectivity index is 1.56. The van der Waals surface area contributed by atoms with Crippen LogP contribution in [0, 0.1) is 34.5 Å². The van der Waals surface area contributed by atoms with E-state index in [-0.39, 0.29) is 37.4 Å². The Bertz CT molecular complexity index is 1670. The molecule has 4 rings (SSSR count). The first kappa shape index (κ1) is 43.4. The lowest BCUT2D eigenvalue weighted by Gasteiger charge is -2.38. The fourth-order valence-electron chi connectivity index (χ4n) is 7.41. The molecule has 13 nitrogen and oxygen atoms in total. The lowest BCUT2D eigenvalue weighted by molar-refractivity contribution is -0.143. The molecule has 3 aliphatic rings. The summed E-state index contributed by atoms with van der Waals surface area (Å²) >= 11 is 1.38. The molecule has 15 heteroatoms. The van der Waals surface area contributed by atoms with Gasteiger partial charge in [0.2, 0.25) is 27.6 Å². The molecule has 54 heavy (non-hydrogen) atoms. The first-order valence-electron chi connectivity index (χ1n) is 19.2. The smallest absolute Gasteiger partial charge is 0.315 e. The van der Waals surface area contributed by atoms with Crippen LogP contribution in [0.15, 0.2) is 29.0 Å². The highest BCUT2D eigenvalue weighted by Gasteiger charge is 2.47. The molecule has 0 bridgehead atoms. The highest BCUT2D eigenvalue weighted by Crippen LogP contribution is 2.37. The molecule has 2 aliphatic heterocycles. The number of Topliss-reactive ketones (excluding diaryl/α,β-unsaturated/α-hetero) is 1. The van der Waals surface area contributed by atoms with Gasteiger partial charge in [-0.3, -0.25) is 19.2 Å². The first-order chi connectivity index (χ1) is 25.0. The Morgan fingerprint density at radius 2 is 1.67 bits per heavy atom. The lowest BCUT2D eigenvalue weighted by Crippen LogP contribution is -2.61. The van der Waals surface area contributed by atoms with Crippen molar-refractivity contribution in [2.45, 2.75) is 130 Å². The number of sulfonamides is 1. The van der Waals surface area contributed by atoms with E-state index in [2.05, 4.69) is 48.6 Å². The molecule has 0 radical (unpaired) electrons. The van der Waals surface area contributed by atoms with Crippen LogP contribution in [0.5, 0.6) is 0 Å². The molecular weight excluding hydrogens is 729 g/mol. The summed E-state index contributed by atoms with van der Waals surface area (Å²) in [6, 6.07) is -2.62. The molecule has 3 heterocycles. The van der Waals surface area contributed by atoms with Crippen LogP contribution >= 0.6 is 11.3 Å². The zero-order valence-electron chi connectivity index (χ0n) is 33.5. The van der Waals surface area contributed by atoms with Gasteiger partial charge in [0.15, 0.2) is 0 Å². The maximum absolute atomic E-state index is 14.7. The first-order valence-corrected chi connectivity index (χ1v) is 21.5. The minimum Gasteiger partial charge on any atom is -0.346 e. The normalized spacial score (nSPS) is 22.1. The Kier molecular flexibility index (Phi) is 13.9. The quantitative estimate of drug-likeness (QED) is 0.142. The Hall–Kier alpha value is -3.30. The van der Waals surface area contributed by atoms with Gasteiger partial charge >= 0.3 is 6.03 Å². The molecule has 302 valence electrons. The molecule has 3 unspecified atom stereocenters. The van der Waals surface area contributed by atoms with E-state index in [9.17, 15) is 32.4 Å². The molecule has 1 saturated heterocycles. The number of urea groups is 1. The minimum absolute atomic E-state index is 0.00839. The summed E-state index contributed by atoms with van der Waals surface area (Å²) in [6.07, 6.45) is 4.91. The van der Waals surface area contributed by atoms with Crippen LogP contribution < -0.4 is 21.3 Å². The van der Waals surface area contributed by atoms with Crippen LogP contribution in [-0.2, 0) is 35.7 Å². The fourth-order valence-corrected chi connectivity index (χ4v) is 10.3. The summed E-state index contributed by atoms with van der Waals surface area (Å²) in [6.45, 7) is 21.9. The van der Waals surface area contributed by atoms with Gasteiger partial charge in [-0.1, -0.05) is 81.2 Å². The van der Waals surface area contributed by atoms with Gasteiger partial charge in [-0.15, -0.1) is 17.9 Å². The number of ketones is 1. The molecule has 1 saturated carbocycles. The number of hydrogen-bond donors (Lipinski definition) is 4. The van der Waals surface area contributed by atoms with Crippen molar-refractivity contribution >= 4 is 50.9 Å². The van der Waals surface area contributed by atoms with Gasteiger partial charge in [0.1, 0.15) is 12.1 Å². The molecule has 0 spiro atoms. The highest BCUT2D eigenvalue weighted by molar-refractivity contribution is 7.89. The number of nitrogens with zero attached hydrogens (tertiary/aromatic N) is 2. The Morgan fingerprint density at radius 1 is 1.00 bits per heavy atom. The second-order valence-electron chi connectivity index (χ2n) is 18.1. The van der Waals surface area contributed by atoms with Gasteiger partial charge in [-0.2, -0.15) is 4.31 Å². The third-order valence-electron chi connectivity index (χ3n) is 10.9. The third kappa shape index (κ3) is 10.7.